The van der Waals surface area contributed by atoms with Crippen LogP contribution in [0.25, 0.3) is 5.69 Å². The van der Waals surface area contributed by atoms with Gasteiger partial charge in [0.05, 0.1) is 29.9 Å². The van der Waals surface area contributed by atoms with Crippen molar-refractivity contribution in [3.8, 4) is 5.69 Å². The van der Waals surface area contributed by atoms with E-state index in [2.05, 4.69) is 15.6 Å². The average molecular weight is 260 g/mol. The van der Waals surface area contributed by atoms with Crippen LogP contribution in [0.3, 0.4) is 0 Å². The molecule has 6 nitrogen and oxygen atoms in total. The molecule has 2 aromatic rings. The van der Waals surface area contributed by atoms with Gasteiger partial charge >= 0.3 is 0 Å². The van der Waals surface area contributed by atoms with Crippen molar-refractivity contribution in [2.45, 2.75) is 25.9 Å². The van der Waals surface area contributed by atoms with E-state index in [9.17, 15) is 4.79 Å². The van der Waals surface area contributed by atoms with Crippen LogP contribution in [0.5, 0.6) is 0 Å². The first kappa shape index (κ1) is 13.2. The number of aliphatic hydroxyl groups excluding tert-OH is 1. The van der Waals surface area contributed by atoms with E-state index >= 15 is 0 Å². The Bertz CT molecular complexity index is 537. The fourth-order valence-electron chi connectivity index (χ4n) is 1.67. The highest BCUT2D eigenvalue weighted by Gasteiger charge is 2.09. The van der Waals surface area contributed by atoms with Crippen molar-refractivity contribution < 1.29 is 9.90 Å². The number of aromatic nitrogens is 3. The summed E-state index contributed by atoms with van der Waals surface area (Å²) < 4.78 is 1.59. The summed E-state index contributed by atoms with van der Waals surface area (Å²) in [6.45, 7) is 1.66. The Morgan fingerprint density at radius 3 is 2.95 bits per heavy atom. The van der Waals surface area contributed by atoms with Gasteiger partial charge in [0, 0.05) is 6.42 Å². The average Bonchev–Trinajstić information content (AvgIpc) is 2.91. The molecule has 6 heteroatoms. The Morgan fingerprint density at radius 2 is 2.26 bits per heavy atom. The molecule has 1 unspecified atom stereocenters. The van der Waals surface area contributed by atoms with E-state index in [1.807, 2.05) is 18.2 Å². The van der Waals surface area contributed by atoms with Gasteiger partial charge in [-0.25, -0.2) is 4.68 Å². The van der Waals surface area contributed by atoms with Gasteiger partial charge in [-0.3, -0.25) is 4.79 Å². The molecule has 19 heavy (non-hydrogen) atoms. The number of nitrogens with one attached hydrogen (secondary N) is 1. The van der Waals surface area contributed by atoms with Crippen molar-refractivity contribution in [2.24, 2.45) is 0 Å². The molecule has 0 saturated carbocycles. The molecule has 0 aliphatic carbocycles. The van der Waals surface area contributed by atoms with Crippen LogP contribution in [0.1, 0.15) is 19.8 Å². The lowest BCUT2D eigenvalue weighted by Gasteiger charge is -2.10. The number of hydrogen-bond donors (Lipinski definition) is 2. The van der Waals surface area contributed by atoms with Crippen LogP contribution in [0.15, 0.2) is 36.7 Å². The molecule has 0 aliphatic heterocycles. The summed E-state index contributed by atoms with van der Waals surface area (Å²) in [7, 11) is 0. The molecule has 0 aliphatic rings. The molecule has 0 bridgehead atoms. The number of hydrogen-bond acceptors (Lipinski definition) is 4. The molecule has 0 spiro atoms. The summed E-state index contributed by atoms with van der Waals surface area (Å²) in [5, 5.41) is 19.6. The molecule has 2 rings (SSSR count). The highest BCUT2D eigenvalue weighted by molar-refractivity contribution is 5.92. The zero-order chi connectivity index (χ0) is 13.7. The van der Waals surface area contributed by atoms with E-state index < -0.39 is 6.10 Å². The maximum absolute atomic E-state index is 11.8. The normalized spacial score (nSPS) is 12.1. The molecule has 0 fully saturated rings. The first-order valence-electron chi connectivity index (χ1n) is 6.10. The third kappa shape index (κ3) is 3.62. The van der Waals surface area contributed by atoms with Crippen LogP contribution in [0, 0.1) is 0 Å². The summed E-state index contributed by atoms with van der Waals surface area (Å²) in [5.74, 6) is -0.131. The van der Waals surface area contributed by atoms with Crippen LogP contribution in [0.2, 0.25) is 0 Å². The number of benzene rings is 1. The minimum absolute atomic E-state index is 0.131. The molecule has 1 atom stereocenters. The zero-order valence-corrected chi connectivity index (χ0v) is 10.7. The number of amides is 1. The predicted molar refractivity (Wildman–Crippen MR) is 70.9 cm³/mol. The van der Waals surface area contributed by atoms with Crippen molar-refractivity contribution in [1.29, 1.82) is 0 Å². The summed E-state index contributed by atoms with van der Waals surface area (Å²) in [5.41, 5.74) is 1.42. The highest BCUT2D eigenvalue weighted by atomic mass is 16.3. The standard InChI is InChI=1S/C13H16N4O2/c1-10(18)6-7-13(19)15-11-4-2-3-5-12(11)17-9-8-14-16-17/h2-5,8-10,18H,6-7H2,1H3,(H,15,19). The first-order valence-corrected chi connectivity index (χ1v) is 6.10. The Labute approximate surface area is 111 Å². The monoisotopic (exact) mass is 260 g/mol. The fraction of sp³-hybridized carbons (Fsp3) is 0.308. The molecular formula is C13H16N4O2. The second-order valence-electron chi connectivity index (χ2n) is 4.30. The summed E-state index contributed by atoms with van der Waals surface area (Å²) in [4.78, 5) is 11.8. The van der Waals surface area contributed by atoms with E-state index in [4.69, 9.17) is 5.11 Å². The van der Waals surface area contributed by atoms with Crippen molar-refractivity contribution >= 4 is 11.6 Å². The van der Waals surface area contributed by atoms with Gasteiger partial charge in [-0.15, -0.1) is 5.10 Å². The van der Waals surface area contributed by atoms with E-state index in [0.29, 0.717) is 12.1 Å². The van der Waals surface area contributed by atoms with Crippen LogP contribution in [-0.2, 0) is 4.79 Å². The second kappa shape index (κ2) is 6.10. The van der Waals surface area contributed by atoms with E-state index in [-0.39, 0.29) is 12.3 Å². The van der Waals surface area contributed by atoms with Crippen LogP contribution >= 0.6 is 0 Å². The molecule has 0 radical (unpaired) electrons. The molecule has 2 N–H and O–H groups in total. The zero-order valence-electron chi connectivity index (χ0n) is 10.7. The lowest BCUT2D eigenvalue weighted by atomic mass is 10.2. The Balaban J connectivity index is 2.10. The number of anilines is 1. The van der Waals surface area contributed by atoms with E-state index in [0.717, 1.165) is 5.69 Å². The fourth-order valence-corrected chi connectivity index (χ4v) is 1.67. The largest absolute Gasteiger partial charge is 0.393 e. The third-order valence-electron chi connectivity index (χ3n) is 2.64. The maximum atomic E-state index is 11.8. The molecule has 1 aromatic heterocycles. The van der Waals surface area contributed by atoms with Crippen LogP contribution in [-0.4, -0.2) is 32.1 Å². The second-order valence-corrected chi connectivity index (χ2v) is 4.30. The van der Waals surface area contributed by atoms with E-state index in [1.165, 1.54) is 0 Å². The van der Waals surface area contributed by atoms with Gasteiger partial charge in [0.2, 0.25) is 5.91 Å². The first-order chi connectivity index (χ1) is 9.16. The summed E-state index contributed by atoms with van der Waals surface area (Å²) >= 11 is 0. The maximum Gasteiger partial charge on any atom is 0.224 e. The number of aliphatic hydroxyl groups is 1. The highest BCUT2D eigenvalue weighted by Crippen LogP contribution is 2.19. The molecular weight excluding hydrogens is 244 g/mol. The third-order valence-corrected chi connectivity index (χ3v) is 2.64. The smallest absolute Gasteiger partial charge is 0.224 e. The summed E-state index contributed by atoms with van der Waals surface area (Å²) in [6.07, 6.45) is 3.53. The van der Waals surface area contributed by atoms with Crippen molar-refractivity contribution in [3.63, 3.8) is 0 Å². The number of carbonyl (C=O) groups excluding carboxylic acids is 1. The quantitative estimate of drug-likeness (QED) is 0.850. The topological polar surface area (TPSA) is 80.0 Å². The summed E-state index contributed by atoms with van der Waals surface area (Å²) in [6, 6.07) is 7.35. The minimum atomic E-state index is -0.476. The lowest BCUT2D eigenvalue weighted by Crippen LogP contribution is -2.15. The van der Waals surface area contributed by atoms with Gasteiger partial charge in [0.15, 0.2) is 0 Å². The van der Waals surface area contributed by atoms with Gasteiger partial charge in [-0.2, -0.15) is 0 Å². The number of rotatable bonds is 5. The Kier molecular flexibility index (Phi) is 4.25. The van der Waals surface area contributed by atoms with Gasteiger partial charge in [-0.05, 0) is 25.5 Å². The van der Waals surface area contributed by atoms with Crippen LogP contribution in [0.4, 0.5) is 5.69 Å². The van der Waals surface area contributed by atoms with Gasteiger partial charge in [0.25, 0.3) is 0 Å². The lowest BCUT2D eigenvalue weighted by molar-refractivity contribution is -0.116. The molecule has 0 saturated heterocycles. The Hall–Kier alpha value is -2.21. The molecule has 1 amide bonds. The molecule has 100 valence electrons. The van der Waals surface area contributed by atoms with Crippen molar-refractivity contribution in [3.05, 3.63) is 36.7 Å². The van der Waals surface area contributed by atoms with Gasteiger partial charge < -0.3 is 10.4 Å². The SMILES string of the molecule is CC(O)CCC(=O)Nc1ccccc1-n1ccnn1. The Morgan fingerprint density at radius 1 is 1.47 bits per heavy atom. The van der Waals surface area contributed by atoms with Gasteiger partial charge in [0.1, 0.15) is 0 Å². The van der Waals surface area contributed by atoms with Crippen molar-refractivity contribution in [2.75, 3.05) is 5.32 Å². The predicted octanol–water partition coefficient (Wildman–Crippen LogP) is 1.37. The van der Waals surface area contributed by atoms with Crippen LogP contribution < -0.4 is 5.32 Å². The van der Waals surface area contributed by atoms with E-state index in [1.54, 1.807) is 30.1 Å². The van der Waals surface area contributed by atoms with Gasteiger partial charge in [-0.1, -0.05) is 17.3 Å². The number of para-hydroxylation sites is 2. The molecule has 1 aromatic carbocycles. The van der Waals surface area contributed by atoms with Crippen molar-refractivity contribution in [1.82, 2.24) is 15.0 Å². The minimum Gasteiger partial charge on any atom is -0.393 e. The number of nitrogens with zero attached hydrogens (tertiary/aromatic N) is 3. The number of carbonyl (C=O) groups is 1. The molecule has 1 heterocycles.